The maximum atomic E-state index is 11.2. The van der Waals surface area contributed by atoms with Gasteiger partial charge in [0.1, 0.15) is 0 Å². The fourth-order valence-corrected chi connectivity index (χ4v) is 2.93. The predicted octanol–water partition coefficient (Wildman–Crippen LogP) is 2.99. The maximum Gasteiger partial charge on any atom is 0.310 e. The predicted molar refractivity (Wildman–Crippen MR) is 55.0 cm³/mol. The Morgan fingerprint density at radius 1 is 1.36 bits per heavy atom. The number of carbonyl (C=O) groups is 1. The molecule has 78 valence electrons. The normalized spacial score (nSPS) is 25.0. The van der Waals surface area contributed by atoms with E-state index < -0.39 is 5.97 Å². The molecule has 0 amide bonds. The van der Waals surface area contributed by atoms with Gasteiger partial charge in [-0.25, -0.2) is 0 Å². The van der Waals surface area contributed by atoms with Gasteiger partial charge in [0.15, 0.2) is 0 Å². The van der Waals surface area contributed by atoms with Crippen molar-refractivity contribution < 1.29 is 9.90 Å². The average molecular weight is 194 g/mol. The maximum absolute atomic E-state index is 11.2. The van der Waals surface area contributed by atoms with Gasteiger partial charge in [-0.3, -0.25) is 4.79 Å². The van der Waals surface area contributed by atoms with E-state index in [1.807, 2.05) is 0 Å². The van der Waals surface area contributed by atoms with Gasteiger partial charge in [-0.2, -0.15) is 0 Å². The summed E-state index contributed by atoms with van der Waals surface area (Å²) < 4.78 is 0. The number of rotatable bonds is 3. The summed E-state index contributed by atoms with van der Waals surface area (Å²) in [6.07, 6.45) is 10.1. The highest BCUT2D eigenvalue weighted by Gasteiger charge is 2.33. The van der Waals surface area contributed by atoms with Crippen LogP contribution in [0.1, 0.15) is 44.9 Å². The van der Waals surface area contributed by atoms with E-state index in [1.165, 1.54) is 18.4 Å². The Bertz CT molecular complexity index is 249. The van der Waals surface area contributed by atoms with E-state index in [0.29, 0.717) is 5.92 Å². The number of carboxylic acid groups (broad SMARTS) is 1. The molecule has 2 aliphatic rings. The number of aliphatic carboxylic acids is 1. The standard InChI is InChI=1S/C12H18O2/c13-12(14)11(9-5-1-2-6-9)10-7-3-4-8-10/h5,10-11H,1-4,6-8H2,(H,13,14). The summed E-state index contributed by atoms with van der Waals surface area (Å²) in [6.45, 7) is 0. The monoisotopic (exact) mass is 194 g/mol. The highest BCUT2D eigenvalue weighted by molar-refractivity contribution is 5.74. The summed E-state index contributed by atoms with van der Waals surface area (Å²) in [5, 5.41) is 9.25. The molecule has 1 fully saturated rings. The number of hydrogen-bond acceptors (Lipinski definition) is 1. The smallest absolute Gasteiger partial charge is 0.310 e. The first-order valence-corrected chi connectivity index (χ1v) is 5.71. The van der Waals surface area contributed by atoms with Crippen LogP contribution in [0, 0.1) is 11.8 Å². The van der Waals surface area contributed by atoms with E-state index in [0.717, 1.165) is 32.1 Å². The molecule has 1 saturated carbocycles. The van der Waals surface area contributed by atoms with E-state index in [2.05, 4.69) is 6.08 Å². The topological polar surface area (TPSA) is 37.3 Å². The van der Waals surface area contributed by atoms with Crippen LogP contribution in [0.5, 0.6) is 0 Å². The second kappa shape index (κ2) is 4.16. The van der Waals surface area contributed by atoms with Crippen molar-refractivity contribution in [2.75, 3.05) is 0 Å². The van der Waals surface area contributed by atoms with Gasteiger partial charge in [0, 0.05) is 0 Å². The third-order valence-electron chi connectivity index (χ3n) is 3.61. The van der Waals surface area contributed by atoms with Gasteiger partial charge in [0.25, 0.3) is 0 Å². The third kappa shape index (κ3) is 1.84. The summed E-state index contributed by atoms with van der Waals surface area (Å²) in [6, 6.07) is 0. The van der Waals surface area contributed by atoms with E-state index in [1.54, 1.807) is 0 Å². The summed E-state index contributed by atoms with van der Waals surface area (Å²) in [5.41, 5.74) is 1.21. The fraction of sp³-hybridized carbons (Fsp3) is 0.750. The second-order valence-electron chi connectivity index (χ2n) is 4.53. The minimum absolute atomic E-state index is 0.153. The van der Waals surface area contributed by atoms with Crippen molar-refractivity contribution in [1.29, 1.82) is 0 Å². The van der Waals surface area contributed by atoms with E-state index in [9.17, 15) is 9.90 Å². The van der Waals surface area contributed by atoms with E-state index >= 15 is 0 Å². The Hall–Kier alpha value is -0.790. The molecule has 2 rings (SSSR count). The molecular formula is C12H18O2. The van der Waals surface area contributed by atoms with Crippen molar-refractivity contribution in [2.45, 2.75) is 44.9 Å². The molecule has 0 saturated heterocycles. The molecule has 0 aromatic rings. The van der Waals surface area contributed by atoms with E-state index in [4.69, 9.17) is 0 Å². The zero-order valence-corrected chi connectivity index (χ0v) is 8.54. The van der Waals surface area contributed by atoms with Crippen LogP contribution in [0.2, 0.25) is 0 Å². The molecule has 14 heavy (non-hydrogen) atoms. The Labute approximate surface area is 85.0 Å². The van der Waals surface area contributed by atoms with Crippen molar-refractivity contribution in [3.05, 3.63) is 11.6 Å². The van der Waals surface area contributed by atoms with Crippen molar-refractivity contribution >= 4 is 5.97 Å². The van der Waals surface area contributed by atoms with Gasteiger partial charge in [-0.1, -0.05) is 24.5 Å². The average Bonchev–Trinajstić information content (AvgIpc) is 2.75. The largest absolute Gasteiger partial charge is 0.481 e. The first-order valence-electron chi connectivity index (χ1n) is 5.71. The molecule has 2 nitrogen and oxygen atoms in total. The Kier molecular flexibility index (Phi) is 2.90. The van der Waals surface area contributed by atoms with Gasteiger partial charge < -0.3 is 5.11 Å². The van der Waals surface area contributed by atoms with Crippen molar-refractivity contribution in [3.63, 3.8) is 0 Å². The van der Waals surface area contributed by atoms with Crippen LogP contribution < -0.4 is 0 Å². The molecule has 0 aromatic carbocycles. The van der Waals surface area contributed by atoms with Gasteiger partial charge in [-0.15, -0.1) is 0 Å². The molecule has 1 N–H and O–H groups in total. The molecule has 0 spiro atoms. The van der Waals surface area contributed by atoms with Gasteiger partial charge in [-0.05, 0) is 38.0 Å². The molecule has 0 bridgehead atoms. The van der Waals surface area contributed by atoms with Crippen LogP contribution in [0.15, 0.2) is 11.6 Å². The molecule has 2 aliphatic carbocycles. The lowest BCUT2D eigenvalue weighted by molar-refractivity contribution is -0.142. The Morgan fingerprint density at radius 2 is 2.07 bits per heavy atom. The highest BCUT2D eigenvalue weighted by Crippen LogP contribution is 2.38. The lowest BCUT2D eigenvalue weighted by Crippen LogP contribution is -2.23. The molecular weight excluding hydrogens is 176 g/mol. The van der Waals surface area contributed by atoms with Crippen molar-refractivity contribution in [1.82, 2.24) is 0 Å². The summed E-state index contributed by atoms with van der Waals surface area (Å²) in [5.74, 6) is -0.318. The summed E-state index contributed by atoms with van der Waals surface area (Å²) in [7, 11) is 0. The first-order chi connectivity index (χ1) is 6.79. The zero-order valence-electron chi connectivity index (χ0n) is 8.54. The second-order valence-corrected chi connectivity index (χ2v) is 4.53. The van der Waals surface area contributed by atoms with Crippen LogP contribution in [-0.2, 0) is 4.79 Å². The van der Waals surface area contributed by atoms with Crippen LogP contribution in [-0.4, -0.2) is 11.1 Å². The fourth-order valence-electron chi connectivity index (χ4n) is 2.93. The third-order valence-corrected chi connectivity index (χ3v) is 3.61. The molecule has 0 radical (unpaired) electrons. The molecule has 0 aliphatic heterocycles. The van der Waals surface area contributed by atoms with Crippen molar-refractivity contribution in [3.8, 4) is 0 Å². The summed E-state index contributed by atoms with van der Waals surface area (Å²) >= 11 is 0. The molecule has 1 atom stereocenters. The number of hydrogen-bond donors (Lipinski definition) is 1. The Balaban J connectivity index is 2.10. The highest BCUT2D eigenvalue weighted by atomic mass is 16.4. The lowest BCUT2D eigenvalue weighted by Gasteiger charge is -2.20. The van der Waals surface area contributed by atoms with Crippen LogP contribution >= 0.6 is 0 Å². The molecule has 0 heterocycles. The van der Waals surface area contributed by atoms with Crippen molar-refractivity contribution in [2.24, 2.45) is 11.8 Å². The Morgan fingerprint density at radius 3 is 2.57 bits per heavy atom. The molecule has 2 heteroatoms. The van der Waals surface area contributed by atoms with Crippen LogP contribution in [0.4, 0.5) is 0 Å². The zero-order chi connectivity index (χ0) is 9.97. The number of carboxylic acids is 1. The minimum atomic E-state index is -0.593. The SMILES string of the molecule is O=C(O)C(C1=CCCC1)C1CCCC1. The quantitative estimate of drug-likeness (QED) is 0.701. The van der Waals surface area contributed by atoms with Gasteiger partial charge >= 0.3 is 5.97 Å². The summed E-state index contributed by atoms with van der Waals surface area (Å²) in [4.78, 5) is 11.2. The molecule has 1 unspecified atom stereocenters. The first kappa shape index (κ1) is 9.75. The van der Waals surface area contributed by atoms with Gasteiger partial charge in [0.05, 0.1) is 5.92 Å². The van der Waals surface area contributed by atoms with Gasteiger partial charge in [0.2, 0.25) is 0 Å². The van der Waals surface area contributed by atoms with Crippen LogP contribution in [0.3, 0.4) is 0 Å². The minimum Gasteiger partial charge on any atom is -0.481 e. The van der Waals surface area contributed by atoms with Crippen LogP contribution in [0.25, 0.3) is 0 Å². The lowest BCUT2D eigenvalue weighted by atomic mass is 9.84. The number of allylic oxidation sites excluding steroid dienone is 1. The van der Waals surface area contributed by atoms with E-state index in [-0.39, 0.29) is 5.92 Å². The molecule has 0 aromatic heterocycles.